The van der Waals surface area contributed by atoms with Crippen LogP contribution in [0.15, 0.2) is 53.8 Å². The number of rotatable bonds is 9. The van der Waals surface area contributed by atoms with Crippen molar-refractivity contribution in [3.63, 3.8) is 0 Å². The average molecular weight is 515 g/mol. The minimum atomic E-state index is -0.102. The summed E-state index contributed by atoms with van der Waals surface area (Å²) in [4.78, 5) is 10.2. The van der Waals surface area contributed by atoms with Crippen LogP contribution in [0.2, 0.25) is 0 Å². The normalized spacial score (nSPS) is 14.6. The Balaban J connectivity index is 2.37. The first-order chi connectivity index (χ1) is 17.8. The summed E-state index contributed by atoms with van der Waals surface area (Å²) in [6, 6.07) is 14.1. The maximum Gasteiger partial charge on any atom is 0.456 e. The largest absolute Gasteiger partial charge is 0.456 e. The molecule has 38 heavy (non-hydrogen) atoms. The molecule has 0 spiro atoms. The molecule has 4 nitrogen and oxygen atoms in total. The molecule has 1 aliphatic heterocycles. The van der Waals surface area contributed by atoms with E-state index >= 15 is 0 Å². The molecule has 0 saturated carbocycles. The summed E-state index contributed by atoms with van der Waals surface area (Å²) in [5.74, 6) is 1.63. The lowest BCUT2D eigenvalue weighted by atomic mass is 9.68. The summed E-state index contributed by atoms with van der Waals surface area (Å²) in [6.45, 7) is 27.1. The van der Waals surface area contributed by atoms with E-state index in [1.165, 1.54) is 33.6 Å². The Kier molecular flexibility index (Phi) is 9.78. The van der Waals surface area contributed by atoms with Crippen LogP contribution in [0.4, 0.5) is 11.4 Å². The molecule has 2 aromatic rings. The molecule has 2 aromatic carbocycles. The number of amidine groups is 1. The fourth-order valence-corrected chi connectivity index (χ4v) is 5.47. The number of anilines is 2. The van der Waals surface area contributed by atoms with Crippen LogP contribution in [0.5, 0.6) is 0 Å². The summed E-state index contributed by atoms with van der Waals surface area (Å²) < 4.78 is 0. The zero-order chi connectivity index (χ0) is 28.3. The first-order valence-corrected chi connectivity index (χ1v) is 14.7. The molecular weight excluding hydrogens is 463 g/mol. The van der Waals surface area contributed by atoms with Crippen LogP contribution in [-0.2, 0) is 0 Å². The first kappa shape index (κ1) is 29.9. The molecular formula is C33H51BN4. The Labute approximate surface area is 233 Å². The number of para-hydroxylation sites is 2. The van der Waals surface area contributed by atoms with Gasteiger partial charge in [-0.3, -0.25) is 4.99 Å². The topological polar surface area (TPSA) is 30.9 Å². The van der Waals surface area contributed by atoms with Crippen LogP contribution in [-0.4, -0.2) is 24.8 Å². The summed E-state index contributed by atoms with van der Waals surface area (Å²) >= 11 is 0. The summed E-state index contributed by atoms with van der Waals surface area (Å²) in [5.41, 5.74) is 9.16. The minimum absolute atomic E-state index is 0.102. The number of hydrogen-bond donors (Lipinski definition) is 1. The van der Waals surface area contributed by atoms with Gasteiger partial charge >= 0.3 is 6.98 Å². The predicted molar refractivity (Wildman–Crippen MR) is 170 cm³/mol. The number of benzene rings is 2. The molecule has 0 bridgehead atoms. The lowest BCUT2D eigenvalue weighted by Gasteiger charge is -2.37. The van der Waals surface area contributed by atoms with Crippen molar-refractivity contribution >= 4 is 24.1 Å². The Morgan fingerprint density at radius 2 is 0.947 bits per heavy atom. The van der Waals surface area contributed by atoms with Gasteiger partial charge in [0.1, 0.15) is 5.73 Å². The van der Waals surface area contributed by atoms with Crippen molar-refractivity contribution < 1.29 is 0 Å². The van der Waals surface area contributed by atoms with Crippen LogP contribution in [0.25, 0.3) is 0 Å². The van der Waals surface area contributed by atoms with Crippen LogP contribution < -0.4 is 14.9 Å². The van der Waals surface area contributed by atoms with Crippen LogP contribution in [0, 0.1) is 0 Å². The smallest absolute Gasteiger partial charge is 0.375 e. The molecule has 0 aromatic heterocycles. The number of nitrogens with one attached hydrogen (secondary N) is 1. The van der Waals surface area contributed by atoms with Crippen molar-refractivity contribution in [2.75, 3.05) is 9.62 Å². The standard InChI is InChI=1S/C33H51BN4/c1-21(2)27-15-13-16-28(22(3)4)31(27)37-19-20-38(34(37)33(35-25(9)10)36-26(11)12)32-29(23(5)6)17-14-18-30(32)24(7)8/h13-26H,1-12H3,(H,35,36). The zero-order valence-electron chi connectivity index (χ0n) is 26.0. The van der Waals surface area contributed by atoms with Crippen molar-refractivity contribution in [2.45, 2.75) is 119 Å². The Hall–Kier alpha value is -2.69. The second-order valence-electron chi connectivity index (χ2n) is 12.6. The van der Waals surface area contributed by atoms with Gasteiger partial charge in [-0.15, -0.1) is 0 Å². The van der Waals surface area contributed by atoms with E-state index in [4.69, 9.17) is 4.99 Å². The number of aliphatic imine (C=N–C) groups is 1. The molecule has 5 heteroatoms. The van der Waals surface area contributed by atoms with Crippen LogP contribution in [0.1, 0.15) is 129 Å². The van der Waals surface area contributed by atoms with Crippen molar-refractivity contribution in [2.24, 2.45) is 4.99 Å². The third-order valence-corrected chi connectivity index (χ3v) is 7.19. The van der Waals surface area contributed by atoms with E-state index in [9.17, 15) is 0 Å². The summed E-state index contributed by atoms with van der Waals surface area (Å²) in [5, 5.41) is 3.77. The highest BCUT2D eigenvalue weighted by Crippen LogP contribution is 2.42. The maximum absolute atomic E-state index is 5.23. The van der Waals surface area contributed by atoms with Gasteiger partial charge in [0.25, 0.3) is 0 Å². The monoisotopic (exact) mass is 514 g/mol. The van der Waals surface area contributed by atoms with Crippen molar-refractivity contribution in [1.29, 1.82) is 0 Å². The van der Waals surface area contributed by atoms with Crippen LogP contribution in [0.3, 0.4) is 0 Å². The summed E-state index contributed by atoms with van der Waals surface area (Å²) in [7, 11) is 0. The number of hydrogen-bond acceptors (Lipinski definition) is 3. The Morgan fingerprint density at radius 1 is 0.605 bits per heavy atom. The van der Waals surface area contributed by atoms with E-state index in [0.717, 1.165) is 5.73 Å². The molecule has 206 valence electrons. The van der Waals surface area contributed by atoms with Gasteiger partial charge < -0.3 is 14.9 Å². The quantitative estimate of drug-likeness (QED) is 0.206. The van der Waals surface area contributed by atoms with Gasteiger partial charge in [-0.2, -0.15) is 0 Å². The predicted octanol–water partition coefficient (Wildman–Crippen LogP) is 8.81. The molecule has 0 amide bonds. The second-order valence-corrected chi connectivity index (χ2v) is 12.6. The summed E-state index contributed by atoms with van der Waals surface area (Å²) in [6.07, 6.45) is 4.58. The van der Waals surface area contributed by atoms with E-state index in [1.807, 2.05) is 0 Å². The van der Waals surface area contributed by atoms with E-state index in [2.05, 4.69) is 147 Å². The molecule has 1 N–H and O–H groups in total. The van der Waals surface area contributed by atoms with Gasteiger partial charge in [-0.05, 0) is 73.6 Å². The molecule has 0 unspecified atom stereocenters. The molecule has 0 radical (unpaired) electrons. The van der Waals surface area contributed by atoms with Gasteiger partial charge in [0.15, 0.2) is 0 Å². The Morgan fingerprint density at radius 3 is 1.21 bits per heavy atom. The minimum Gasteiger partial charge on any atom is -0.375 e. The molecule has 0 atom stereocenters. The van der Waals surface area contributed by atoms with E-state index < -0.39 is 0 Å². The lowest BCUT2D eigenvalue weighted by molar-refractivity contribution is 0.724. The zero-order valence-corrected chi connectivity index (χ0v) is 26.0. The van der Waals surface area contributed by atoms with Gasteiger partial charge in [-0.25, -0.2) is 0 Å². The molecule has 0 fully saturated rings. The van der Waals surface area contributed by atoms with Gasteiger partial charge in [0.05, 0.1) is 0 Å². The van der Waals surface area contributed by atoms with Crippen LogP contribution >= 0.6 is 0 Å². The SMILES string of the molecule is CC(C)N=C(NC(C)C)B1N(c2c(C(C)C)cccc2C(C)C)C=CN1c1c(C(C)C)cccc1C(C)C. The molecule has 1 heterocycles. The van der Waals surface area contributed by atoms with E-state index in [0.29, 0.717) is 23.7 Å². The van der Waals surface area contributed by atoms with Gasteiger partial charge in [-0.1, -0.05) is 91.8 Å². The second kappa shape index (κ2) is 12.4. The Bertz CT molecular complexity index is 1020. The van der Waals surface area contributed by atoms with Gasteiger partial charge in [0, 0.05) is 35.9 Å². The fourth-order valence-electron chi connectivity index (χ4n) is 5.47. The average Bonchev–Trinajstić information content (AvgIpc) is 3.26. The molecule has 0 aliphatic carbocycles. The third-order valence-electron chi connectivity index (χ3n) is 7.19. The fraction of sp³-hybridized carbons (Fsp3) is 0.545. The van der Waals surface area contributed by atoms with Gasteiger partial charge in [0.2, 0.25) is 0 Å². The first-order valence-electron chi connectivity index (χ1n) is 14.7. The highest BCUT2D eigenvalue weighted by Gasteiger charge is 2.43. The third kappa shape index (κ3) is 6.30. The van der Waals surface area contributed by atoms with E-state index in [1.54, 1.807) is 0 Å². The lowest BCUT2D eigenvalue weighted by Crippen LogP contribution is -2.58. The maximum atomic E-state index is 5.23. The number of nitrogens with zero attached hydrogens (tertiary/aromatic N) is 3. The van der Waals surface area contributed by atoms with E-state index in [-0.39, 0.29) is 19.1 Å². The molecule has 1 aliphatic rings. The highest BCUT2D eigenvalue weighted by molar-refractivity contribution is 6.97. The molecule has 3 rings (SSSR count). The highest BCUT2D eigenvalue weighted by atomic mass is 15.3. The van der Waals surface area contributed by atoms with Crippen molar-refractivity contribution in [3.05, 3.63) is 71.1 Å². The van der Waals surface area contributed by atoms with Crippen molar-refractivity contribution in [3.8, 4) is 0 Å². The molecule has 0 saturated heterocycles. The van der Waals surface area contributed by atoms with Crippen molar-refractivity contribution in [1.82, 2.24) is 5.32 Å².